The number of carbonyl (C=O) groups is 1. The Labute approximate surface area is 139 Å². The molecule has 0 aromatic carbocycles. The Morgan fingerprint density at radius 2 is 1.83 bits per heavy atom. The Bertz CT molecular complexity index is 521. The fourth-order valence-electron chi connectivity index (χ4n) is 4.57. The van der Waals surface area contributed by atoms with E-state index in [0.717, 1.165) is 37.7 Å². The molecule has 3 aliphatic rings. The van der Waals surface area contributed by atoms with Gasteiger partial charge in [0.05, 0.1) is 13.0 Å². The predicted octanol–water partition coefficient (Wildman–Crippen LogP) is 2.24. The van der Waals surface area contributed by atoms with Crippen LogP contribution in [-0.2, 0) is 24.0 Å². The van der Waals surface area contributed by atoms with Gasteiger partial charge >= 0.3 is 16.3 Å². The van der Waals surface area contributed by atoms with Crippen LogP contribution in [0.3, 0.4) is 0 Å². The molecule has 6 nitrogen and oxygen atoms in total. The Morgan fingerprint density at radius 1 is 1.22 bits per heavy atom. The van der Waals surface area contributed by atoms with Crippen molar-refractivity contribution in [2.75, 3.05) is 7.11 Å². The summed E-state index contributed by atoms with van der Waals surface area (Å²) in [6, 6.07) is 0. The van der Waals surface area contributed by atoms with E-state index < -0.39 is 10.3 Å². The molecule has 0 amide bonds. The number of rotatable bonds is 4. The maximum absolute atomic E-state index is 11.9. The Balaban J connectivity index is 0.000000277. The van der Waals surface area contributed by atoms with Crippen molar-refractivity contribution in [2.24, 2.45) is 34.7 Å². The predicted molar refractivity (Wildman–Crippen MR) is 86.5 cm³/mol. The number of hydrogen-bond donors (Lipinski definition) is 1. The lowest BCUT2D eigenvalue weighted by Gasteiger charge is -2.31. The van der Waals surface area contributed by atoms with Gasteiger partial charge in [0, 0.05) is 0 Å². The van der Waals surface area contributed by atoms with Crippen LogP contribution in [0.2, 0.25) is 0 Å². The molecule has 0 saturated heterocycles. The molecular weight excluding hydrogens is 318 g/mol. The summed E-state index contributed by atoms with van der Waals surface area (Å²) >= 11 is 0. The van der Waals surface area contributed by atoms with Gasteiger partial charge in [-0.2, -0.15) is 8.42 Å². The summed E-state index contributed by atoms with van der Waals surface area (Å²) in [7, 11) is -2.67. The van der Waals surface area contributed by atoms with Gasteiger partial charge in [-0.25, -0.2) is 5.14 Å². The fraction of sp³-hybridized carbons (Fsp3) is 0.938. The van der Waals surface area contributed by atoms with Crippen molar-refractivity contribution < 1.29 is 22.1 Å². The lowest BCUT2D eigenvalue weighted by atomic mass is 9.80. The van der Waals surface area contributed by atoms with Crippen molar-refractivity contribution in [1.29, 1.82) is 0 Å². The summed E-state index contributed by atoms with van der Waals surface area (Å²) in [4.78, 5) is 11.9. The molecule has 134 valence electrons. The number of ether oxygens (including phenoxy) is 1. The molecule has 3 fully saturated rings. The van der Waals surface area contributed by atoms with Gasteiger partial charge < -0.3 is 4.74 Å². The average molecular weight is 347 g/mol. The second-order valence-electron chi connectivity index (χ2n) is 7.10. The quantitative estimate of drug-likeness (QED) is 0.787. The third-order valence-corrected chi connectivity index (χ3v) is 6.35. The molecule has 0 aromatic heterocycles. The Kier molecular flexibility index (Phi) is 6.08. The van der Waals surface area contributed by atoms with Gasteiger partial charge in [-0.05, 0) is 55.8 Å². The molecule has 0 aliphatic heterocycles. The smallest absolute Gasteiger partial charge is 0.333 e. The molecule has 0 aromatic rings. The molecule has 3 rings (SSSR count). The van der Waals surface area contributed by atoms with Crippen LogP contribution in [0.5, 0.6) is 0 Å². The largest absolute Gasteiger partial charge is 0.462 e. The first kappa shape index (κ1) is 18.7. The maximum atomic E-state index is 11.9. The molecule has 2 N–H and O–H groups in total. The number of fused-ring (bicyclic) bond motifs is 5. The highest BCUT2D eigenvalue weighted by molar-refractivity contribution is 7.84. The monoisotopic (exact) mass is 347 g/mol. The zero-order valence-corrected chi connectivity index (χ0v) is 15.1. The van der Waals surface area contributed by atoms with E-state index in [0.29, 0.717) is 5.92 Å². The van der Waals surface area contributed by atoms with E-state index in [2.05, 4.69) is 16.2 Å². The van der Waals surface area contributed by atoms with Crippen LogP contribution < -0.4 is 5.14 Å². The van der Waals surface area contributed by atoms with Gasteiger partial charge in [-0.1, -0.05) is 20.3 Å². The minimum Gasteiger partial charge on any atom is -0.462 e. The van der Waals surface area contributed by atoms with Crippen LogP contribution in [0.1, 0.15) is 52.4 Å². The van der Waals surface area contributed by atoms with E-state index in [1.807, 2.05) is 6.92 Å². The highest BCUT2D eigenvalue weighted by Gasteiger charge is 2.55. The Hall–Kier alpha value is -0.660. The van der Waals surface area contributed by atoms with E-state index in [1.165, 1.54) is 25.7 Å². The van der Waals surface area contributed by atoms with Crippen molar-refractivity contribution in [3.63, 3.8) is 0 Å². The highest BCUT2D eigenvalue weighted by atomic mass is 32.2. The average Bonchev–Trinajstić information content (AvgIpc) is 3.18. The number of carbonyl (C=O) groups excluding carboxylic acids is 1. The summed E-state index contributed by atoms with van der Waals surface area (Å²) in [6.45, 7) is 4.04. The van der Waals surface area contributed by atoms with E-state index in [-0.39, 0.29) is 18.0 Å². The lowest BCUT2D eigenvalue weighted by Crippen LogP contribution is -2.33. The van der Waals surface area contributed by atoms with Gasteiger partial charge in [-0.15, -0.1) is 0 Å². The third kappa shape index (κ3) is 4.45. The van der Waals surface area contributed by atoms with Crippen molar-refractivity contribution in [3.05, 3.63) is 0 Å². The number of esters is 1. The molecule has 6 atom stereocenters. The van der Waals surface area contributed by atoms with Crippen molar-refractivity contribution >= 4 is 16.3 Å². The summed E-state index contributed by atoms with van der Waals surface area (Å²) < 4.78 is 28.6. The van der Waals surface area contributed by atoms with Gasteiger partial charge in [0.25, 0.3) is 0 Å². The van der Waals surface area contributed by atoms with Crippen LogP contribution >= 0.6 is 0 Å². The molecule has 7 heteroatoms. The highest BCUT2D eigenvalue weighted by Crippen LogP contribution is 2.59. The first-order chi connectivity index (χ1) is 10.8. The van der Waals surface area contributed by atoms with E-state index in [9.17, 15) is 13.2 Å². The molecule has 23 heavy (non-hydrogen) atoms. The first-order valence-corrected chi connectivity index (χ1v) is 10.0. The van der Waals surface area contributed by atoms with Gasteiger partial charge in [0.2, 0.25) is 0 Å². The minimum absolute atomic E-state index is 0.0413. The summed E-state index contributed by atoms with van der Waals surface area (Å²) in [6.07, 6.45) is 7.91. The zero-order chi connectivity index (χ0) is 17.2. The van der Waals surface area contributed by atoms with Crippen molar-refractivity contribution in [3.8, 4) is 0 Å². The zero-order valence-electron chi connectivity index (χ0n) is 14.2. The summed E-state index contributed by atoms with van der Waals surface area (Å²) in [5, 5.41) is 4.28. The van der Waals surface area contributed by atoms with Crippen LogP contribution in [0.25, 0.3) is 0 Å². The first-order valence-electron chi connectivity index (χ1n) is 8.55. The van der Waals surface area contributed by atoms with Crippen LogP contribution in [0.4, 0.5) is 0 Å². The molecule has 3 saturated carbocycles. The second kappa shape index (κ2) is 7.49. The summed E-state index contributed by atoms with van der Waals surface area (Å²) in [5.41, 5.74) is 0. The summed E-state index contributed by atoms with van der Waals surface area (Å²) in [5.74, 6) is 3.58. The molecular formula is C16H29NO5S. The van der Waals surface area contributed by atoms with Crippen LogP contribution in [-0.4, -0.2) is 27.6 Å². The van der Waals surface area contributed by atoms with Crippen LogP contribution in [0.15, 0.2) is 0 Å². The Morgan fingerprint density at radius 3 is 2.39 bits per heavy atom. The van der Waals surface area contributed by atoms with Gasteiger partial charge in [0.1, 0.15) is 6.10 Å². The SMILES string of the molecule is CCC(C)C(=O)OC1CC2CC1C1CCCC21.COS(N)(=O)=O. The molecule has 0 radical (unpaired) electrons. The molecule has 0 heterocycles. The standard InChI is InChI=1S/C15H24O2.CH5NO3S/c1-3-9(2)15(16)17-14-8-10-7-13(14)12-6-4-5-11(10)12;1-5-6(2,3)4/h9-14H,3-8H2,1-2H3;1H3,(H2,2,3,4). The van der Waals surface area contributed by atoms with Gasteiger partial charge in [0.15, 0.2) is 0 Å². The fourth-order valence-corrected chi connectivity index (χ4v) is 4.57. The minimum atomic E-state index is -3.66. The maximum Gasteiger partial charge on any atom is 0.333 e. The normalized spacial score (nSPS) is 36.1. The molecule has 2 bridgehead atoms. The molecule has 3 aliphatic carbocycles. The third-order valence-electron chi connectivity index (χ3n) is 5.88. The van der Waals surface area contributed by atoms with Crippen LogP contribution in [0, 0.1) is 29.6 Å². The van der Waals surface area contributed by atoms with E-state index >= 15 is 0 Å². The molecule has 6 unspecified atom stereocenters. The second-order valence-corrected chi connectivity index (χ2v) is 8.42. The van der Waals surface area contributed by atoms with E-state index in [4.69, 9.17) is 4.74 Å². The van der Waals surface area contributed by atoms with Crippen molar-refractivity contribution in [1.82, 2.24) is 0 Å². The number of nitrogens with two attached hydrogens (primary N) is 1. The van der Waals surface area contributed by atoms with Crippen molar-refractivity contribution in [2.45, 2.75) is 58.5 Å². The number of hydrogen-bond acceptors (Lipinski definition) is 5. The topological polar surface area (TPSA) is 95.7 Å². The lowest BCUT2D eigenvalue weighted by molar-refractivity contribution is -0.157. The molecule has 0 spiro atoms. The van der Waals surface area contributed by atoms with E-state index in [1.54, 1.807) is 0 Å². The van der Waals surface area contributed by atoms with Gasteiger partial charge in [-0.3, -0.25) is 8.98 Å².